The number of hydrogen-bond donors (Lipinski definition) is 0. The molecule has 0 fully saturated rings. The first-order valence-corrected chi connectivity index (χ1v) is 7.37. The van der Waals surface area contributed by atoms with E-state index in [2.05, 4.69) is 21.0 Å². The first-order valence-electron chi connectivity index (χ1n) is 6.57. The third-order valence-corrected chi connectivity index (χ3v) is 3.72. The van der Waals surface area contributed by atoms with Crippen molar-refractivity contribution in [3.05, 3.63) is 70.2 Å². The summed E-state index contributed by atoms with van der Waals surface area (Å²) in [4.78, 5) is 12.6. The third-order valence-electron chi connectivity index (χ3n) is 3.23. The van der Waals surface area contributed by atoms with Gasteiger partial charge in [0.05, 0.1) is 17.0 Å². The van der Waals surface area contributed by atoms with E-state index in [1.54, 1.807) is 0 Å². The van der Waals surface area contributed by atoms with Gasteiger partial charge in [0, 0.05) is 4.47 Å². The lowest BCUT2D eigenvalue weighted by Crippen LogP contribution is -2.21. The number of halogens is 1. The van der Waals surface area contributed by atoms with Crippen LogP contribution < -0.4 is 5.01 Å². The first kappa shape index (κ1) is 13.8. The van der Waals surface area contributed by atoms with Crippen molar-refractivity contribution < 1.29 is 4.79 Å². The summed E-state index contributed by atoms with van der Waals surface area (Å²) in [5.41, 5.74) is 3.10. The fourth-order valence-electron chi connectivity index (χ4n) is 2.18. The van der Waals surface area contributed by atoms with Gasteiger partial charge in [0.15, 0.2) is 0 Å². The maximum absolute atomic E-state index is 12.6. The lowest BCUT2D eigenvalue weighted by Gasteiger charge is -2.11. The highest BCUT2D eigenvalue weighted by Gasteiger charge is 2.28. The standard InChI is InChI=1S/C17H13BrN2O/c1-12-16(10-13-6-3-2-4-7-13)17(21)20(19-12)15-9-5-8-14(18)11-15/h2-11H,1H3. The van der Waals surface area contributed by atoms with Crippen LogP contribution in [0.4, 0.5) is 5.69 Å². The molecule has 1 aliphatic heterocycles. The van der Waals surface area contributed by atoms with Crippen molar-refractivity contribution >= 4 is 39.3 Å². The molecule has 0 saturated carbocycles. The summed E-state index contributed by atoms with van der Waals surface area (Å²) in [5.74, 6) is -0.102. The Morgan fingerprint density at radius 1 is 1.10 bits per heavy atom. The van der Waals surface area contributed by atoms with Gasteiger partial charge in [-0.05, 0) is 36.8 Å². The minimum absolute atomic E-state index is 0.102. The van der Waals surface area contributed by atoms with Gasteiger partial charge >= 0.3 is 0 Å². The van der Waals surface area contributed by atoms with Gasteiger partial charge in [-0.15, -0.1) is 0 Å². The van der Waals surface area contributed by atoms with Crippen molar-refractivity contribution in [1.82, 2.24) is 0 Å². The van der Waals surface area contributed by atoms with Gasteiger partial charge in [0.25, 0.3) is 5.91 Å². The molecule has 0 N–H and O–H groups in total. The highest BCUT2D eigenvalue weighted by atomic mass is 79.9. The Hall–Kier alpha value is -2.20. The molecule has 0 spiro atoms. The average Bonchev–Trinajstić information content (AvgIpc) is 2.76. The molecule has 0 saturated heterocycles. The van der Waals surface area contributed by atoms with Crippen molar-refractivity contribution in [1.29, 1.82) is 0 Å². The SMILES string of the molecule is CC1=NN(c2cccc(Br)c2)C(=O)C1=Cc1ccccc1. The van der Waals surface area contributed by atoms with Gasteiger partial charge in [0.1, 0.15) is 0 Å². The van der Waals surface area contributed by atoms with Crippen molar-refractivity contribution in [2.45, 2.75) is 6.92 Å². The van der Waals surface area contributed by atoms with Crippen LogP contribution in [0.2, 0.25) is 0 Å². The number of anilines is 1. The topological polar surface area (TPSA) is 32.7 Å². The normalized spacial score (nSPS) is 16.5. The first-order chi connectivity index (χ1) is 10.1. The van der Waals surface area contributed by atoms with E-state index in [-0.39, 0.29) is 5.91 Å². The molecule has 1 amide bonds. The number of carbonyl (C=O) groups is 1. The minimum Gasteiger partial charge on any atom is -0.267 e. The lowest BCUT2D eigenvalue weighted by atomic mass is 10.1. The van der Waals surface area contributed by atoms with Crippen LogP contribution in [0, 0.1) is 0 Å². The smallest absolute Gasteiger partial charge is 0.267 e. The number of benzene rings is 2. The highest BCUT2D eigenvalue weighted by Crippen LogP contribution is 2.26. The Bertz CT molecular complexity index is 750. The van der Waals surface area contributed by atoms with Gasteiger partial charge in [-0.2, -0.15) is 10.1 Å². The van der Waals surface area contributed by atoms with E-state index < -0.39 is 0 Å². The van der Waals surface area contributed by atoms with Gasteiger partial charge in [-0.1, -0.05) is 52.3 Å². The monoisotopic (exact) mass is 340 g/mol. The van der Waals surface area contributed by atoms with Crippen LogP contribution in [0.3, 0.4) is 0 Å². The van der Waals surface area contributed by atoms with Gasteiger partial charge in [-0.3, -0.25) is 4.79 Å². The van der Waals surface area contributed by atoms with E-state index in [0.717, 1.165) is 21.4 Å². The van der Waals surface area contributed by atoms with Crippen LogP contribution in [0.25, 0.3) is 6.08 Å². The largest absolute Gasteiger partial charge is 0.280 e. The molecule has 0 bridgehead atoms. The molecule has 3 nitrogen and oxygen atoms in total. The van der Waals surface area contributed by atoms with Crippen LogP contribution in [-0.2, 0) is 4.79 Å². The van der Waals surface area contributed by atoms with Crippen LogP contribution >= 0.6 is 15.9 Å². The minimum atomic E-state index is -0.102. The predicted molar refractivity (Wildman–Crippen MR) is 89.2 cm³/mol. The van der Waals surface area contributed by atoms with Crippen molar-refractivity contribution in [2.75, 3.05) is 5.01 Å². The quantitative estimate of drug-likeness (QED) is 0.752. The third kappa shape index (κ3) is 2.81. The molecule has 2 aromatic carbocycles. The summed E-state index contributed by atoms with van der Waals surface area (Å²) in [6, 6.07) is 17.3. The Morgan fingerprint density at radius 3 is 2.57 bits per heavy atom. The number of hydrazone groups is 1. The Morgan fingerprint density at radius 2 is 1.86 bits per heavy atom. The molecule has 0 radical (unpaired) electrons. The molecular formula is C17H13BrN2O. The molecule has 1 heterocycles. The zero-order valence-corrected chi connectivity index (χ0v) is 13.0. The van der Waals surface area contributed by atoms with Crippen LogP contribution in [0.15, 0.2) is 69.7 Å². The number of amides is 1. The van der Waals surface area contributed by atoms with Crippen LogP contribution in [0.1, 0.15) is 12.5 Å². The molecule has 21 heavy (non-hydrogen) atoms. The second kappa shape index (κ2) is 5.66. The molecule has 0 unspecified atom stereocenters. The Labute approximate surface area is 131 Å². The molecule has 0 atom stereocenters. The summed E-state index contributed by atoms with van der Waals surface area (Å²) in [6.07, 6.45) is 1.87. The molecule has 3 rings (SSSR count). The van der Waals surface area contributed by atoms with Gasteiger partial charge in [0.2, 0.25) is 0 Å². The maximum atomic E-state index is 12.6. The second-order valence-corrected chi connectivity index (χ2v) is 5.67. The molecule has 2 aromatic rings. The molecule has 0 aromatic heterocycles. The maximum Gasteiger partial charge on any atom is 0.280 e. The summed E-state index contributed by atoms with van der Waals surface area (Å²) in [5, 5.41) is 5.81. The van der Waals surface area contributed by atoms with E-state index in [0.29, 0.717) is 5.57 Å². The zero-order chi connectivity index (χ0) is 14.8. The van der Waals surface area contributed by atoms with Crippen molar-refractivity contribution in [3.63, 3.8) is 0 Å². The number of rotatable bonds is 2. The Balaban J connectivity index is 1.96. The van der Waals surface area contributed by atoms with E-state index in [1.165, 1.54) is 5.01 Å². The predicted octanol–water partition coefficient (Wildman–Crippen LogP) is 4.26. The van der Waals surface area contributed by atoms with Gasteiger partial charge in [-0.25, -0.2) is 0 Å². The fraction of sp³-hybridized carbons (Fsp3) is 0.0588. The number of nitrogens with zero attached hydrogens (tertiary/aromatic N) is 2. The summed E-state index contributed by atoms with van der Waals surface area (Å²) in [7, 11) is 0. The zero-order valence-electron chi connectivity index (χ0n) is 11.5. The summed E-state index contributed by atoms with van der Waals surface area (Å²) < 4.78 is 0.918. The van der Waals surface area contributed by atoms with Gasteiger partial charge < -0.3 is 0 Å². The molecular weight excluding hydrogens is 328 g/mol. The highest BCUT2D eigenvalue weighted by molar-refractivity contribution is 9.10. The summed E-state index contributed by atoms with van der Waals surface area (Å²) in [6.45, 7) is 1.85. The van der Waals surface area contributed by atoms with Crippen molar-refractivity contribution in [2.24, 2.45) is 5.10 Å². The van der Waals surface area contributed by atoms with Crippen LogP contribution in [-0.4, -0.2) is 11.6 Å². The fourth-order valence-corrected chi connectivity index (χ4v) is 2.57. The van der Waals surface area contributed by atoms with E-state index in [1.807, 2.05) is 67.6 Å². The molecule has 1 aliphatic rings. The van der Waals surface area contributed by atoms with E-state index >= 15 is 0 Å². The second-order valence-electron chi connectivity index (χ2n) is 4.75. The molecule has 104 valence electrons. The number of carbonyl (C=O) groups excluding carboxylic acids is 1. The van der Waals surface area contributed by atoms with Crippen molar-refractivity contribution in [3.8, 4) is 0 Å². The average molecular weight is 341 g/mol. The van der Waals surface area contributed by atoms with Crippen LogP contribution in [0.5, 0.6) is 0 Å². The van der Waals surface area contributed by atoms with E-state index in [4.69, 9.17) is 0 Å². The summed E-state index contributed by atoms with van der Waals surface area (Å²) >= 11 is 3.41. The van der Waals surface area contributed by atoms with E-state index in [9.17, 15) is 4.79 Å². The number of hydrogen-bond acceptors (Lipinski definition) is 2. The lowest BCUT2D eigenvalue weighted by molar-refractivity contribution is -0.114. The molecule has 4 heteroatoms. The Kier molecular flexibility index (Phi) is 3.71. The molecule has 0 aliphatic carbocycles.